The van der Waals surface area contributed by atoms with E-state index in [2.05, 4.69) is 14.5 Å². The number of nitrogens with zero attached hydrogens (tertiary/aromatic N) is 2. The Labute approximate surface area is 174 Å². The third-order valence-corrected chi connectivity index (χ3v) is 5.23. The third kappa shape index (κ3) is 6.07. The summed E-state index contributed by atoms with van der Waals surface area (Å²) < 4.78 is 72.0. The molecule has 0 bridgehead atoms. The van der Waals surface area contributed by atoms with Crippen LogP contribution in [0.5, 0.6) is 5.75 Å². The van der Waals surface area contributed by atoms with Gasteiger partial charge in [-0.25, -0.2) is 13.2 Å². The van der Waals surface area contributed by atoms with Crippen molar-refractivity contribution >= 4 is 33.4 Å². The first-order valence-electron chi connectivity index (χ1n) is 8.79. The van der Waals surface area contributed by atoms with Crippen LogP contribution in [0.25, 0.3) is 0 Å². The Balaban J connectivity index is 1.57. The van der Waals surface area contributed by atoms with Crippen LogP contribution in [-0.4, -0.2) is 55.8 Å². The predicted molar refractivity (Wildman–Crippen MR) is 102 cm³/mol. The van der Waals surface area contributed by atoms with Gasteiger partial charge in [-0.2, -0.15) is 0 Å². The first-order valence-corrected chi connectivity index (χ1v) is 10.4. The van der Waals surface area contributed by atoms with Gasteiger partial charge in [0, 0.05) is 18.4 Å². The number of amidine groups is 1. The SMILES string of the molecule is CC(OC(=O)C1=CN2CCS(=O)(=O)N=C2C=C1)C(=O)Nc1ccc(OC(F)(F)F)cc1. The normalized spacial score (nSPS) is 18.3. The van der Waals surface area contributed by atoms with Gasteiger partial charge in [-0.3, -0.25) is 4.79 Å². The molecule has 166 valence electrons. The quantitative estimate of drug-likeness (QED) is 0.670. The number of rotatable bonds is 5. The van der Waals surface area contributed by atoms with Crippen molar-refractivity contribution in [1.29, 1.82) is 0 Å². The molecule has 1 N–H and O–H groups in total. The van der Waals surface area contributed by atoms with Crippen molar-refractivity contribution in [2.75, 3.05) is 17.6 Å². The van der Waals surface area contributed by atoms with E-state index in [-0.39, 0.29) is 29.4 Å². The van der Waals surface area contributed by atoms with E-state index in [4.69, 9.17) is 4.74 Å². The van der Waals surface area contributed by atoms with Gasteiger partial charge in [-0.15, -0.1) is 17.6 Å². The standard InChI is InChI=1S/C18H16F3N3O6S/c1-11(16(25)22-13-3-5-14(6-4-13)30-18(19,20)21)29-17(26)12-2-7-15-23-31(27,28)9-8-24(15)10-12/h2-7,10-11H,8-9H2,1H3,(H,22,25). The van der Waals surface area contributed by atoms with E-state index < -0.39 is 40.1 Å². The fraction of sp³-hybridized carbons (Fsp3) is 0.278. The summed E-state index contributed by atoms with van der Waals surface area (Å²) >= 11 is 0. The van der Waals surface area contributed by atoms with Gasteiger partial charge < -0.3 is 19.7 Å². The molecule has 1 unspecified atom stereocenters. The highest BCUT2D eigenvalue weighted by Gasteiger charge is 2.31. The van der Waals surface area contributed by atoms with Crippen LogP contribution in [0.1, 0.15) is 6.92 Å². The number of hydrogen-bond acceptors (Lipinski definition) is 7. The number of sulfonamides is 1. The largest absolute Gasteiger partial charge is 0.573 e. The maximum atomic E-state index is 12.3. The van der Waals surface area contributed by atoms with Crippen LogP contribution in [0, 0.1) is 0 Å². The molecule has 31 heavy (non-hydrogen) atoms. The van der Waals surface area contributed by atoms with Crippen molar-refractivity contribution in [3.63, 3.8) is 0 Å². The van der Waals surface area contributed by atoms with Crippen LogP contribution >= 0.6 is 0 Å². The number of carbonyl (C=O) groups excluding carboxylic acids is 2. The number of anilines is 1. The van der Waals surface area contributed by atoms with E-state index in [1.807, 2.05) is 0 Å². The fourth-order valence-electron chi connectivity index (χ4n) is 2.59. The summed E-state index contributed by atoms with van der Waals surface area (Å²) in [5, 5.41) is 2.41. The Bertz CT molecular complexity index is 1080. The van der Waals surface area contributed by atoms with Crippen LogP contribution in [-0.2, 0) is 24.3 Å². The highest BCUT2D eigenvalue weighted by molar-refractivity contribution is 7.90. The predicted octanol–water partition coefficient (Wildman–Crippen LogP) is 1.95. The smallest absolute Gasteiger partial charge is 0.449 e. The molecule has 0 saturated carbocycles. The number of hydrogen-bond donors (Lipinski definition) is 1. The van der Waals surface area contributed by atoms with Gasteiger partial charge in [0.05, 0.1) is 11.3 Å². The Morgan fingerprint density at radius 1 is 1.19 bits per heavy atom. The molecule has 0 fully saturated rings. The molecule has 2 heterocycles. The summed E-state index contributed by atoms with van der Waals surface area (Å²) in [5.74, 6) is -2.00. The molecule has 13 heteroatoms. The van der Waals surface area contributed by atoms with Gasteiger partial charge in [0.2, 0.25) is 0 Å². The lowest BCUT2D eigenvalue weighted by Crippen LogP contribution is -2.37. The molecule has 0 radical (unpaired) electrons. The number of carbonyl (C=O) groups is 2. The Morgan fingerprint density at radius 2 is 1.87 bits per heavy atom. The highest BCUT2D eigenvalue weighted by Crippen LogP contribution is 2.24. The maximum Gasteiger partial charge on any atom is 0.573 e. The highest BCUT2D eigenvalue weighted by atomic mass is 32.2. The number of alkyl halides is 3. The Morgan fingerprint density at radius 3 is 2.52 bits per heavy atom. The molecule has 0 aliphatic carbocycles. The van der Waals surface area contributed by atoms with E-state index in [9.17, 15) is 31.2 Å². The minimum absolute atomic E-state index is 0.0894. The molecular weight excluding hydrogens is 443 g/mol. The van der Waals surface area contributed by atoms with Gasteiger partial charge in [-0.1, -0.05) is 0 Å². The summed E-state index contributed by atoms with van der Waals surface area (Å²) in [5.41, 5.74) is 0.265. The first-order chi connectivity index (χ1) is 14.4. The minimum Gasteiger partial charge on any atom is -0.449 e. The number of nitrogens with one attached hydrogen (secondary N) is 1. The second-order valence-electron chi connectivity index (χ2n) is 6.46. The lowest BCUT2D eigenvalue weighted by Gasteiger charge is -2.27. The summed E-state index contributed by atoms with van der Waals surface area (Å²) in [7, 11) is -3.53. The van der Waals surface area contributed by atoms with Crippen LogP contribution in [0.2, 0.25) is 0 Å². The monoisotopic (exact) mass is 459 g/mol. The molecule has 2 aliphatic heterocycles. The molecule has 3 rings (SSSR count). The second-order valence-corrected chi connectivity index (χ2v) is 8.21. The second kappa shape index (κ2) is 8.41. The van der Waals surface area contributed by atoms with Gasteiger partial charge in [0.25, 0.3) is 15.9 Å². The number of halogens is 3. The zero-order chi connectivity index (χ0) is 22.8. The lowest BCUT2D eigenvalue weighted by molar-refractivity contribution is -0.274. The topological polar surface area (TPSA) is 114 Å². The van der Waals surface area contributed by atoms with Gasteiger partial charge in [-0.05, 0) is 43.3 Å². The van der Waals surface area contributed by atoms with E-state index in [1.54, 1.807) is 0 Å². The lowest BCUT2D eigenvalue weighted by atomic mass is 10.2. The van der Waals surface area contributed by atoms with Crippen LogP contribution in [0.3, 0.4) is 0 Å². The van der Waals surface area contributed by atoms with Crippen molar-refractivity contribution < 1.29 is 40.7 Å². The maximum absolute atomic E-state index is 12.3. The summed E-state index contributed by atoms with van der Waals surface area (Å²) in [6.45, 7) is 1.44. The third-order valence-electron chi connectivity index (χ3n) is 4.07. The number of esters is 1. The van der Waals surface area contributed by atoms with E-state index in [0.29, 0.717) is 0 Å². The van der Waals surface area contributed by atoms with Crippen molar-refractivity contribution in [1.82, 2.24) is 4.90 Å². The van der Waals surface area contributed by atoms with Gasteiger partial charge in [0.15, 0.2) is 6.10 Å². The van der Waals surface area contributed by atoms with E-state index >= 15 is 0 Å². The molecule has 1 atom stereocenters. The molecular formula is C18H16F3N3O6S. The minimum atomic E-state index is -4.83. The van der Waals surface area contributed by atoms with Crippen molar-refractivity contribution in [3.05, 3.63) is 48.2 Å². The average molecular weight is 459 g/mol. The molecule has 9 nitrogen and oxygen atoms in total. The molecule has 0 aromatic heterocycles. The van der Waals surface area contributed by atoms with Crippen molar-refractivity contribution in [2.24, 2.45) is 4.40 Å². The Hall–Kier alpha value is -3.35. The zero-order valence-corrected chi connectivity index (χ0v) is 16.7. The molecule has 0 spiro atoms. The van der Waals surface area contributed by atoms with Gasteiger partial charge in [0.1, 0.15) is 11.6 Å². The van der Waals surface area contributed by atoms with Crippen LogP contribution < -0.4 is 10.1 Å². The summed E-state index contributed by atoms with van der Waals surface area (Å²) in [4.78, 5) is 26.0. The van der Waals surface area contributed by atoms with E-state index in [1.165, 1.54) is 42.3 Å². The molecule has 1 amide bonds. The van der Waals surface area contributed by atoms with Crippen LogP contribution in [0.15, 0.2) is 52.6 Å². The average Bonchev–Trinajstić information content (AvgIpc) is 2.67. The van der Waals surface area contributed by atoms with Gasteiger partial charge >= 0.3 is 12.3 Å². The fourth-order valence-corrected chi connectivity index (χ4v) is 3.56. The number of amides is 1. The zero-order valence-electron chi connectivity index (χ0n) is 15.9. The number of benzene rings is 1. The first kappa shape index (κ1) is 22.3. The van der Waals surface area contributed by atoms with Crippen molar-refractivity contribution in [2.45, 2.75) is 19.4 Å². The molecule has 1 aromatic rings. The molecule has 2 aliphatic rings. The van der Waals surface area contributed by atoms with Crippen LogP contribution in [0.4, 0.5) is 18.9 Å². The van der Waals surface area contributed by atoms with E-state index in [0.717, 1.165) is 12.1 Å². The summed E-state index contributed by atoms with van der Waals surface area (Å²) in [6, 6.07) is 4.45. The number of ether oxygens (including phenoxy) is 2. The molecule has 1 aromatic carbocycles. The summed E-state index contributed by atoms with van der Waals surface area (Å²) in [6.07, 6.45) is -2.00. The Kier molecular flexibility index (Phi) is 6.06. The molecule has 0 saturated heterocycles. The van der Waals surface area contributed by atoms with Crippen molar-refractivity contribution in [3.8, 4) is 5.75 Å². The number of fused-ring (bicyclic) bond motifs is 1.